The molecule has 2 aromatic heterocycles. The summed E-state index contributed by atoms with van der Waals surface area (Å²) in [5.74, 6) is 0.899. The Morgan fingerprint density at radius 1 is 1.00 bits per heavy atom. The standard InChI is InChI=1S/C16H19N3/c1-9(2)14-7-11-5-6-12-15(10(3)4)18-19-16(12)13(11)8-17-14/h5-10H,1-4H3,(H,18,19). The van der Waals surface area contributed by atoms with Crippen molar-refractivity contribution in [3.63, 3.8) is 0 Å². The summed E-state index contributed by atoms with van der Waals surface area (Å²) in [7, 11) is 0. The van der Waals surface area contributed by atoms with Crippen molar-refractivity contribution in [2.45, 2.75) is 39.5 Å². The van der Waals surface area contributed by atoms with Crippen molar-refractivity contribution in [3.8, 4) is 0 Å². The van der Waals surface area contributed by atoms with E-state index in [1.807, 2.05) is 6.20 Å². The molecule has 2 heterocycles. The van der Waals surface area contributed by atoms with Gasteiger partial charge in [0, 0.05) is 28.4 Å². The van der Waals surface area contributed by atoms with Crippen molar-refractivity contribution >= 4 is 21.7 Å². The fourth-order valence-corrected chi connectivity index (χ4v) is 2.49. The number of pyridine rings is 1. The SMILES string of the molecule is CC(C)c1cc2ccc3c(C(C)C)[nH]nc3c2cn1. The first-order valence-electron chi connectivity index (χ1n) is 6.84. The van der Waals surface area contributed by atoms with Crippen LogP contribution in [0.2, 0.25) is 0 Å². The highest BCUT2D eigenvalue weighted by Gasteiger charge is 2.12. The van der Waals surface area contributed by atoms with E-state index in [9.17, 15) is 0 Å². The molecule has 1 N–H and O–H groups in total. The second kappa shape index (κ2) is 4.34. The first-order valence-corrected chi connectivity index (χ1v) is 6.84. The van der Waals surface area contributed by atoms with Gasteiger partial charge in [-0.3, -0.25) is 10.1 Å². The van der Waals surface area contributed by atoms with Crippen LogP contribution in [-0.4, -0.2) is 15.2 Å². The highest BCUT2D eigenvalue weighted by Crippen LogP contribution is 2.29. The zero-order chi connectivity index (χ0) is 13.6. The number of H-pyrrole nitrogens is 1. The maximum atomic E-state index is 4.56. The van der Waals surface area contributed by atoms with E-state index < -0.39 is 0 Å². The zero-order valence-corrected chi connectivity index (χ0v) is 11.9. The molecule has 0 amide bonds. The molecular formula is C16H19N3. The smallest absolute Gasteiger partial charge is 0.102 e. The van der Waals surface area contributed by atoms with Crippen LogP contribution in [0.3, 0.4) is 0 Å². The number of nitrogens with one attached hydrogen (secondary N) is 1. The molecular weight excluding hydrogens is 234 g/mol. The van der Waals surface area contributed by atoms with Crippen molar-refractivity contribution in [1.29, 1.82) is 0 Å². The maximum absolute atomic E-state index is 4.56. The molecule has 3 rings (SSSR count). The molecule has 98 valence electrons. The number of benzene rings is 1. The fourth-order valence-electron chi connectivity index (χ4n) is 2.49. The van der Waals surface area contributed by atoms with Crippen LogP contribution in [-0.2, 0) is 0 Å². The monoisotopic (exact) mass is 253 g/mol. The van der Waals surface area contributed by atoms with Gasteiger partial charge in [-0.15, -0.1) is 0 Å². The fraction of sp³-hybridized carbons (Fsp3) is 0.375. The quantitative estimate of drug-likeness (QED) is 0.737. The average molecular weight is 253 g/mol. The lowest BCUT2D eigenvalue weighted by molar-refractivity contribution is 0.818. The molecule has 0 atom stereocenters. The average Bonchev–Trinajstić information content (AvgIpc) is 2.82. The topological polar surface area (TPSA) is 41.6 Å². The minimum Gasteiger partial charge on any atom is -0.281 e. The first kappa shape index (κ1) is 12.2. The van der Waals surface area contributed by atoms with E-state index in [1.165, 1.54) is 16.5 Å². The molecule has 0 saturated carbocycles. The Balaban J connectivity index is 2.30. The summed E-state index contributed by atoms with van der Waals surface area (Å²) in [6.45, 7) is 8.69. The number of nitrogens with zero attached hydrogens (tertiary/aromatic N) is 2. The van der Waals surface area contributed by atoms with Gasteiger partial charge in [0.2, 0.25) is 0 Å². The predicted molar refractivity (Wildman–Crippen MR) is 79.6 cm³/mol. The molecule has 3 aromatic rings. The third-order valence-corrected chi connectivity index (χ3v) is 3.64. The third-order valence-electron chi connectivity index (χ3n) is 3.64. The van der Waals surface area contributed by atoms with Crippen molar-refractivity contribution in [2.75, 3.05) is 0 Å². The third kappa shape index (κ3) is 1.89. The maximum Gasteiger partial charge on any atom is 0.102 e. The lowest BCUT2D eigenvalue weighted by Crippen LogP contribution is -1.92. The lowest BCUT2D eigenvalue weighted by Gasteiger charge is -2.06. The molecule has 0 radical (unpaired) electrons. The zero-order valence-electron chi connectivity index (χ0n) is 11.9. The summed E-state index contributed by atoms with van der Waals surface area (Å²) in [5, 5.41) is 11.2. The van der Waals surface area contributed by atoms with E-state index in [-0.39, 0.29) is 0 Å². The summed E-state index contributed by atoms with van der Waals surface area (Å²) in [6, 6.07) is 6.51. The van der Waals surface area contributed by atoms with Gasteiger partial charge in [-0.1, -0.05) is 39.8 Å². The van der Waals surface area contributed by atoms with Crippen molar-refractivity contribution < 1.29 is 0 Å². The molecule has 0 unspecified atom stereocenters. The van der Waals surface area contributed by atoms with Gasteiger partial charge >= 0.3 is 0 Å². The van der Waals surface area contributed by atoms with E-state index in [0.717, 1.165) is 16.6 Å². The van der Waals surface area contributed by atoms with E-state index >= 15 is 0 Å². The van der Waals surface area contributed by atoms with Crippen LogP contribution in [0.1, 0.15) is 50.9 Å². The second-order valence-electron chi connectivity index (χ2n) is 5.74. The van der Waals surface area contributed by atoms with Crippen molar-refractivity contribution in [3.05, 3.63) is 35.8 Å². The van der Waals surface area contributed by atoms with Gasteiger partial charge in [0.1, 0.15) is 5.52 Å². The molecule has 0 saturated heterocycles. The largest absolute Gasteiger partial charge is 0.281 e. The summed E-state index contributed by atoms with van der Waals surface area (Å²) in [6.07, 6.45) is 1.96. The van der Waals surface area contributed by atoms with Crippen LogP contribution < -0.4 is 0 Å². The van der Waals surface area contributed by atoms with E-state index in [4.69, 9.17) is 0 Å². The Morgan fingerprint density at radius 3 is 2.47 bits per heavy atom. The van der Waals surface area contributed by atoms with Crippen LogP contribution in [0.4, 0.5) is 0 Å². The second-order valence-corrected chi connectivity index (χ2v) is 5.74. The summed E-state index contributed by atoms with van der Waals surface area (Å²) in [4.78, 5) is 4.56. The molecule has 3 heteroatoms. The Morgan fingerprint density at radius 2 is 1.79 bits per heavy atom. The van der Waals surface area contributed by atoms with Crippen LogP contribution in [0.25, 0.3) is 21.7 Å². The number of hydrogen-bond acceptors (Lipinski definition) is 2. The molecule has 0 aliphatic rings. The van der Waals surface area contributed by atoms with Crippen LogP contribution in [0.15, 0.2) is 24.4 Å². The molecule has 0 aliphatic heterocycles. The van der Waals surface area contributed by atoms with Gasteiger partial charge in [-0.2, -0.15) is 5.10 Å². The van der Waals surface area contributed by atoms with Crippen LogP contribution in [0.5, 0.6) is 0 Å². The first-order chi connectivity index (χ1) is 9.08. The molecule has 3 nitrogen and oxygen atoms in total. The van der Waals surface area contributed by atoms with Crippen molar-refractivity contribution in [2.24, 2.45) is 0 Å². The number of aromatic nitrogens is 3. The van der Waals surface area contributed by atoms with Crippen LogP contribution >= 0.6 is 0 Å². The molecule has 19 heavy (non-hydrogen) atoms. The molecule has 0 aliphatic carbocycles. The van der Waals surface area contributed by atoms with Gasteiger partial charge in [0.15, 0.2) is 0 Å². The van der Waals surface area contributed by atoms with Gasteiger partial charge in [0.05, 0.1) is 0 Å². The summed E-state index contributed by atoms with van der Waals surface area (Å²) >= 11 is 0. The van der Waals surface area contributed by atoms with Gasteiger partial charge in [-0.25, -0.2) is 0 Å². The lowest BCUT2D eigenvalue weighted by atomic mass is 10.0. The highest BCUT2D eigenvalue weighted by molar-refractivity contribution is 6.05. The van der Waals surface area contributed by atoms with E-state index in [0.29, 0.717) is 11.8 Å². The minimum atomic E-state index is 0.449. The van der Waals surface area contributed by atoms with Gasteiger partial charge in [-0.05, 0) is 23.3 Å². The van der Waals surface area contributed by atoms with Crippen LogP contribution in [0, 0.1) is 0 Å². The van der Waals surface area contributed by atoms with E-state index in [2.05, 4.69) is 61.1 Å². The Hall–Kier alpha value is -1.90. The Kier molecular flexibility index (Phi) is 2.77. The Bertz CT molecular complexity index is 738. The molecule has 0 fully saturated rings. The predicted octanol–water partition coefficient (Wildman–Crippen LogP) is 4.36. The molecule has 0 bridgehead atoms. The van der Waals surface area contributed by atoms with Gasteiger partial charge < -0.3 is 0 Å². The molecule has 1 aromatic carbocycles. The highest BCUT2D eigenvalue weighted by atomic mass is 15.1. The molecule has 0 spiro atoms. The normalized spacial score (nSPS) is 12.1. The van der Waals surface area contributed by atoms with Crippen molar-refractivity contribution in [1.82, 2.24) is 15.2 Å². The number of aromatic amines is 1. The number of hydrogen-bond donors (Lipinski definition) is 1. The number of rotatable bonds is 2. The summed E-state index contributed by atoms with van der Waals surface area (Å²) < 4.78 is 0. The summed E-state index contributed by atoms with van der Waals surface area (Å²) in [5.41, 5.74) is 3.36. The number of fused-ring (bicyclic) bond motifs is 3. The minimum absolute atomic E-state index is 0.449. The van der Waals surface area contributed by atoms with E-state index in [1.54, 1.807) is 0 Å². The Labute approximate surface area is 113 Å². The van der Waals surface area contributed by atoms with Gasteiger partial charge in [0.25, 0.3) is 0 Å².